The molecule has 1 aromatic heterocycles. The fourth-order valence-corrected chi connectivity index (χ4v) is 6.78. The van der Waals surface area contributed by atoms with E-state index in [9.17, 15) is 29.8 Å². The molecule has 0 saturated carbocycles. The van der Waals surface area contributed by atoms with Crippen LogP contribution in [0.2, 0.25) is 0 Å². The molecule has 10 nitrogen and oxygen atoms in total. The van der Waals surface area contributed by atoms with Crippen molar-refractivity contribution in [2.24, 2.45) is 0 Å². The first-order valence-corrected chi connectivity index (χ1v) is 16.1. The zero-order chi connectivity index (χ0) is 33.1. The number of nitro groups is 2. The van der Waals surface area contributed by atoms with Crippen LogP contribution in [0, 0.1) is 34.1 Å². The Balaban J connectivity index is 1.56. The molecule has 0 bridgehead atoms. The molecule has 1 aliphatic heterocycles. The number of carbonyl (C=O) groups is 2. The third-order valence-corrected chi connectivity index (χ3v) is 9.20. The predicted octanol–water partition coefficient (Wildman–Crippen LogP) is 8.08. The molecule has 46 heavy (non-hydrogen) atoms. The number of hydrogen-bond acceptors (Lipinski definition) is 6. The highest BCUT2D eigenvalue weighted by molar-refractivity contribution is 6.19. The van der Waals surface area contributed by atoms with Crippen LogP contribution < -0.4 is 0 Å². The van der Waals surface area contributed by atoms with Gasteiger partial charge in [0.2, 0.25) is 5.78 Å². The molecule has 4 aromatic rings. The number of ketones is 1. The van der Waals surface area contributed by atoms with E-state index in [1.165, 1.54) is 36.8 Å². The number of nitro benzene ring substituents is 2. The monoisotopic (exact) mass is 624 g/mol. The van der Waals surface area contributed by atoms with Crippen LogP contribution in [0.4, 0.5) is 11.4 Å². The lowest BCUT2D eigenvalue weighted by atomic mass is 9.88. The number of rotatable bonds is 12. The van der Waals surface area contributed by atoms with Gasteiger partial charge in [-0.15, -0.1) is 0 Å². The Labute approximate surface area is 268 Å². The highest BCUT2D eigenvalue weighted by Gasteiger charge is 2.37. The molecule has 1 saturated heterocycles. The Morgan fingerprint density at radius 1 is 0.870 bits per heavy atom. The van der Waals surface area contributed by atoms with Crippen LogP contribution in [0.5, 0.6) is 0 Å². The van der Waals surface area contributed by atoms with Crippen molar-refractivity contribution in [2.45, 2.75) is 78.7 Å². The lowest BCUT2D eigenvalue weighted by Gasteiger charge is -2.20. The van der Waals surface area contributed by atoms with Gasteiger partial charge in [0.25, 0.3) is 17.3 Å². The minimum absolute atomic E-state index is 0.0210. The molecular weight excluding hydrogens is 584 g/mol. The van der Waals surface area contributed by atoms with Crippen LogP contribution in [0.25, 0.3) is 10.9 Å². The van der Waals surface area contributed by atoms with Crippen molar-refractivity contribution in [3.8, 4) is 0 Å². The fourth-order valence-electron chi connectivity index (χ4n) is 6.78. The van der Waals surface area contributed by atoms with Gasteiger partial charge in [-0.25, -0.2) is 0 Å². The molecule has 240 valence electrons. The van der Waals surface area contributed by atoms with Gasteiger partial charge in [-0.05, 0) is 63.3 Å². The molecule has 10 heteroatoms. The zero-order valence-electron chi connectivity index (χ0n) is 26.9. The minimum atomic E-state index is -0.748. The van der Waals surface area contributed by atoms with Crippen LogP contribution in [-0.2, 0) is 13.0 Å². The number of carbonyl (C=O) groups excluding carboxylic acids is 2. The summed E-state index contributed by atoms with van der Waals surface area (Å²) in [4.78, 5) is 53.6. The van der Waals surface area contributed by atoms with Crippen LogP contribution >= 0.6 is 0 Å². The number of benzene rings is 3. The fraction of sp³-hybridized carbons (Fsp3) is 0.389. The summed E-state index contributed by atoms with van der Waals surface area (Å²) in [5, 5.41) is 25.7. The van der Waals surface area contributed by atoms with E-state index in [2.05, 4.69) is 29.8 Å². The van der Waals surface area contributed by atoms with E-state index in [0.717, 1.165) is 43.1 Å². The molecule has 1 fully saturated rings. The van der Waals surface area contributed by atoms with Crippen LogP contribution in [-0.4, -0.2) is 44.1 Å². The van der Waals surface area contributed by atoms with Crippen LogP contribution in [0.3, 0.4) is 0 Å². The summed E-state index contributed by atoms with van der Waals surface area (Å²) in [6.45, 7) is 8.99. The number of nitrogens with zero attached hydrogens (tertiary/aromatic N) is 4. The molecule has 1 atom stereocenters. The third-order valence-electron chi connectivity index (χ3n) is 9.20. The van der Waals surface area contributed by atoms with Crippen LogP contribution in [0.1, 0.15) is 100 Å². The summed E-state index contributed by atoms with van der Waals surface area (Å²) in [7, 11) is 0. The smallest absolute Gasteiger partial charge is 0.284 e. The van der Waals surface area contributed by atoms with E-state index in [1.807, 2.05) is 19.1 Å². The molecule has 2 heterocycles. The second-order valence-corrected chi connectivity index (χ2v) is 12.2. The van der Waals surface area contributed by atoms with Crippen molar-refractivity contribution in [3.63, 3.8) is 0 Å². The number of aromatic nitrogens is 1. The highest BCUT2D eigenvalue weighted by Crippen LogP contribution is 2.38. The Morgan fingerprint density at radius 3 is 2.20 bits per heavy atom. The Bertz CT molecular complexity index is 1840. The lowest BCUT2D eigenvalue weighted by Crippen LogP contribution is -2.30. The second kappa shape index (κ2) is 13.6. The second-order valence-electron chi connectivity index (χ2n) is 12.2. The van der Waals surface area contributed by atoms with E-state index in [0.29, 0.717) is 25.1 Å². The van der Waals surface area contributed by atoms with Crippen molar-refractivity contribution in [3.05, 3.63) is 114 Å². The number of aryl methyl sites for hydroxylation is 3. The third kappa shape index (κ3) is 6.03. The molecule has 0 spiro atoms. The zero-order valence-corrected chi connectivity index (χ0v) is 26.9. The number of unbranched alkanes of at least 4 members (excludes halogenated alkanes) is 2. The van der Waals surface area contributed by atoms with E-state index in [1.54, 1.807) is 11.8 Å². The topological polar surface area (TPSA) is 129 Å². The Kier molecular flexibility index (Phi) is 9.65. The van der Waals surface area contributed by atoms with Gasteiger partial charge >= 0.3 is 0 Å². The van der Waals surface area contributed by atoms with Gasteiger partial charge in [0.15, 0.2) is 0 Å². The summed E-state index contributed by atoms with van der Waals surface area (Å²) < 4.78 is 2.27. The van der Waals surface area contributed by atoms with E-state index in [-0.39, 0.29) is 45.8 Å². The number of hydrogen-bond donors (Lipinski definition) is 0. The van der Waals surface area contributed by atoms with Gasteiger partial charge in [-0.2, -0.15) is 0 Å². The largest absolute Gasteiger partial charge is 0.347 e. The highest BCUT2D eigenvalue weighted by atomic mass is 16.6. The average Bonchev–Trinajstić information content (AvgIpc) is 3.67. The normalized spacial score (nSPS) is 14.6. The first kappa shape index (κ1) is 32.5. The standard InChI is InChI=1S/C36H40N4O6/c1-5-7-11-27-28(16-14-23(3)33(27)39(43)44)35(41)32-29(17-15-24(4)34(32)40(45)46)36(42)38-20-18-25(21-38)30-22-37(19-8-6-2)31-13-10-9-12-26(30)31/h9-10,12-17,22,25H,5-8,11,18-21H2,1-4H3. The van der Waals surface area contributed by atoms with Gasteiger partial charge in [0.05, 0.1) is 15.4 Å². The molecule has 0 N–H and O–H groups in total. The molecule has 1 unspecified atom stereocenters. The summed E-state index contributed by atoms with van der Waals surface area (Å²) >= 11 is 0. The maximum Gasteiger partial charge on any atom is 0.284 e. The molecule has 1 aliphatic rings. The predicted molar refractivity (Wildman–Crippen MR) is 178 cm³/mol. The minimum Gasteiger partial charge on any atom is -0.347 e. The Morgan fingerprint density at radius 2 is 1.52 bits per heavy atom. The van der Waals surface area contributed by atoms with Gasteiger partial charge < -0.3 is 9.47 Å². The molecule has 3 aromatic carbocycles. The summed E-state index contributed by atoms with van der Waals surface area (Å²) in [5.41, 5.74) is 2.24. The molecule has 0 aliphatic carbocycles. The number of amides is 1. The summed E-state index contributed by atoms with van der Waals surface area (Å²) in [6.07, 6.45) is 6.63. The average molecular weight is 625 g/mol. The van der Waals surface area contributed by atoms with Crippen molar-refractivity contribution < 1.29 is 19.4 Å². The van der Waals surface area contributed by atoms with Crippen molar-refractivity contribution in [1.82, 2.24) is 9.47 Å². The van der Waals surface area contributed by atoms with Crippen molar-refractivity contribution >= 4 is 34.0 Å². The summed E-state index contributed by atoms with van der Waals surface area (Å²) in [6, 6.07) is 14.2. The first-order valence-electron chi connectivity index (χ1n) is 16.1. The van der Waals surface area contributed by atoms with Gasteiger partial charge in [-0.3, -0.25) is 29.8 Å². The van der Waals surface area contributed by atoms with Gasteiger partial charge in [0, 0.05) is 64.9 Å². The van der Waals surface area contributed by atoms with E-state index < -0.39 is 27.2 Å². The van der Waals surface area contributed by atoms with Crippen molar-refractivity contribution in [2.75, 3.05) is 13.1 Å². The summed E-state index contributed by atoms with van der Waals surface area (Å²) in [5.74, 6) is -1.14. The molecule has 0 radical (unpaired) electrons. The number of para-hydroxylation sites is 1. The lowest BCUT2D eigenvalue weighted by molar-refractivity contribution is -0.386. The SMILES string of the molecule is CCCCc1c(C(=O)c2c(C(=O)N3CCC(c4cn(CCCC)c5ccccc45)C3)ccc(C)c2[N+](=O)[O-])ccc(C)c1[N+](=O)[O-]. The van der Waals surface area contributed by atoms with Gasteiger partial charge in [0.1, 0.15) is 5.56 Å². The number of likely N-dealkylation sites (tertiary alicyclic amines) is 1. The van der Waals surface area contributed by atoms with E-state index in [4.69, 9.17) is 0 Å². The van der Waals surface area contributed by atoms with Crippen LogP contribution in [0.15, 0.2) is 54.7 Å². The maximum atomic E-state index is 14.4. The quantitative estimate of drug-likeness (QED) is 0.0890. The number of fused-ring (bicyclic) bond motifs is 1. The first-order chi connectivity index (χ1) is 22.1. The Hall–Kier alpha value is -4.86. The van der Waals surface area contributed by atoms with Crippen molar-refractivity contribution in [1.29, 1.82) is 0 Å². The molecule has 1 amide bonds. The van der Waals surface area contributed by atoms with Gasteiger partial charge in [-0.1, -0.05) is 57.0 Å². The molecule has 5 rings (SSSR count). The maximum absolute atomic E-state index is 14.4. The molecular formula is C36H40N4O6. The van der Waals surface area contributed by atoms with E-state index >= 15 is 0 Å².